The number of ether oxygens (including phenoxy) is 1. The fraction of sp³-hybridized carbons (Fsp3) is 0.440. The number of carboxylic acid groups (broad SMARTS) is 1. The lowest BCUT2D eigenvalue weighted by atomic mass is 9.72. The summed E-state index contributed by atoms with van der Waals surface area (Å²) in [4.78, 5) is 11.5. The largest absolute Gasteiger partial charge is 0.490 e. The Morgan fingerprint density at radius 3 is 2.70 bits per heavy atom. The summed E-state index contributed by atoms with van der Waals surface area (Å²) >= 11 is 0. The number of nitrogens with zero attached hydrogens (tertiary/aromatic N) is 3. The standard InChI is InChI=1S/C25H29N5O3/c31-25(32)22-14-19-13-20(9-8-18(19)15-26-22)33-23-12-17(11-16-5-3-1-2-4-6-16)7-10-21(23)24-27-29-30-28-24/h1-7,10,12,16,18-20,22,26H,8-9,11,13-15H2,(H,31,32)(H,27,28,29,30)/t18-,19+,20-,22-/m0/s1. The molecule has 2 heterocycles. The number of carboxylic acids is 1. The Bertz CT molecular complexity index is 1050. The quantitative estimate of drug-likeness (QED) is 0.623. The van der Waals surface area contributed by atoms with Gasteiger partial charge in [0.1, 0.15) is 11.8 Å². The molecule has 0 radical (unpaired) electrons. The van der Waals surface area contributed by atoms with Gasteiger partial charge in [-0.05, 0) is 79.3 Å². The molecule has 0 unspecified atom stereocenters. The van der Waals surface area contributed by atoms with Gasteiger partial charge >= 0.3 is 5.97 Å². The number of piperidine rings is 1. The molecule has 33 heavy (non-hydrogen) atoms. The molecule has 3 aliphatic rings. The summed E-state index contributed by atoms with van der Waals surface area (Å²) < 4.78 is 6.57. The smallest absolute Gasteiger partial charge is 0.320 e. The monoisotopic (exact) mass is 447 g/mol. The fourth-order valence-corrected chi connectivity index (χ4v) is 5.26. The Balaban J connectivity index is 1.35. The minimum atomic E-state index is -0.764. The molecule has 4 atom stereocenters. The Labute approximate surface area is 192 Å². The van der Waals surface area contributed by atoms with Crippen molar-refractivity contribution in [3.63, 3.8) is 0 Å². The predicted molar refractivity (Wildman–Crippen MR) is 124 cm³/mol. The van der Waals surface area contributed by atoms with Gasteiger partial charge in [0.15, 0.2) is 0 Å². The topological polar surface area (TPSA) is 113 Å². The van der Waals surface area contributed by atoms with Crippen molar-refractivity contribution in [2.45, 2.75) is 44.2 Å². The summed E-state index contributed by atoms with van der Waals surface area (Å²) in [7, 11) is 0. The Morgan fingerprint density at radius 2 is 1.94 bits per heavy atom. The average molecular weight is 448 g/mol. The van der Waals surface area contributed by atoms with Crippen molar-refractivity contribution >= 4 is 5.97 Å². The second-order valence-corrected chi connectivity index (χ2v) is 9.20. The maximum absolute atomic E-state index is 11.5. The van der Waals surface area contributed by atoms with E-state index in [9.17, 15) is 9.90 Å². The number of aromatic amines is 1. The normalized spacial score (nSPS) is 27.2. The first-order chi connectivity index (χ1) is 16.2. The maximum atomic E-state index is 11.5. The minimum Gasteiger partial charge on any atom is -0.490 e. The number of rotatable bonds is 6. The number of tetrazole rings is 1. The van der Waals surface area contributed by atoms with Crippen molar-refractivity contribution < 1.29 is 14.6 Å². The van der Waals surface area contributed by atoms with Crippen LogP contribution in [0.5, 0.6) is 5.75 Å². The number of allylic oxidation sites excluding steroid dienone is 6. The zero-order valence-electron chi connectivity index (χ0n) is 18.4. The summed E-state index contributed by atoms with van der Waals surface area (Å²) in [6.45, 7) is 0.773. The molecule has 5 rings (SSSR count). The first-order valence-electron chi connectivity index (χ1n) is 11.7. The van der Waals surface area contributed by atoms with Gasteiger partial charge in [0.25, 0.3) is 0 Å². The van der Waals surface area contributed by atoms with E-state index in [4.69, 9.17) is 4.74 Å². The minimum absolute atomic E-state index is 0.0431. The molecule has 2 aliphatic carbocycles. The van der Waals surface area contributed by atoms with Gasteiger partial charge in [-0.2, -0.15) is 5.21 Å². The van der Waals surface area contributed by atoms with E-state index in [-0.39, 0.29) is 6.10 Å². The number of hydrogen-bond acceptors (Lipinski definition) is 6. The molecular formula is C25H29N5O3. The lowest BCUT2D eigenvalue weighted by Crippen LogP contribution is -2.50. The number of aliphatic carboxylic acids is 1. The number of H-pyrrole nitrogens is 1. The summed E-state index contributed by atoms with van der Waals surface area (Å²) in [6.07, 6.45) is 17.1. The van der Waals surface area contributed by atoms with Crippen molar-refractivity contribution in [3.8, 4) is 17.1 Å². The molecular weight excluding hydrogens is 418 g/mol. The van der Waals surface area contributed by atoms with Crippen LogP contribution in [-0.2, 0) is 11.2 Å². The first-order valence-corrected chi connectivity index (χ1v) is 11.7. The molecule has 0 bridgehead atoms. The number of aromatic nitrogens is 4. The molecule has 1 aromatic heterocycles. The Morgan fingerprint density at radius 1 is 1.09 bits per heavy atom. The van der Waals surface area contributed by atoms with Gasteiger partial charge < -0.3 is 15.2 Å². The molecule has 1 saturated carbocycles. The highest BCUT2D eigenvalue weighted by atomic mass is 16.5. The highest BCUT2D eigenvalue weighted by Crippen LogP contribution is 2.39. The maximum Gasteiger partial charge on any atom is 0.320 e. The molecule has 2 aromatic rings. The fourth-order valence-electron chi connectivity index (χ4n) is 5.26. The van der Waals surface area contributed by atoms with E-state index >= 15 is 0 Å². The second-order valence-electron chi connectivity index (χ2n) is 9.20. The Kier molecular flexibility index (Phi) is 6.35. The number of hydrogen-bond donors (Lipinski definition) is 3. The third-order valence-corrected chi connectivity index (χ3v) is 7.00. The van der Waals surface area contributed by atoms with Crippen molar-refractivity contribution in [1.82, 2.24) is 25.9 Å². The van der Waals surface area contributed by atoms with Crippen LogP contribution in [0.15, 0.2) is 54.7 Å². The molecule has 1 saturated heterocycles. The number of carbonyl (C=O) groups is 1. The van der Waals surface area contributed by atoms with Crippen LogP contribution < -0.4 is 10.1 Å². The molecule has 8 nitrogen and oxygen atoms in total. The summed E-state index contributed by atoms with van der Waals surface area (Å²) in [5, 5.41) is 27.2. The zero-order chi connectivity index (χ0) is 22.6. The molecule has 172 valence electrons. The molecule has 1 aromatic carbocycles. The van der Waals surface area contributed by atoms with Crippen LogP contribution in [0.4, 0.5) is 0 Å². The Hall–Kier alpha value is -3.26. The highest BCUT2D eigenvalue weighted by molar-refractivity contribution is 5.73. The first kappa shape index (κ1) is 21.6. The number of fused-ring (bicyclic) bond motifs is 1. The van der Waals surface area contributed by atoms with Crippen molar-refractivity contribution in [2.24, 2.45) is 17.8 Å². The van der Waals surface area contributed by atoms with Gasteiger partial charge in [0.2, 0.25) is 5.82 Å². The van der Waals surface area contributed by atoms with Crippen LogP contribution in [0.1, 0.15) is 31.2 Å². The summed E-state index contributed by atoms with van der Waals surface area (Å²) in [5.41, 5.74) is 2.00. The van der Waals surface area contributed by atoms with Crippen LogP contribution >= 0.6 is 0 Å². The summed E-state index contributed by atoms with van der Waals surface area (Å²) in [5.74, 6) is 1.71. The third kappa shape index (κ3) is 5.06. The van der Waals surface area contributed by atoms with Crippen LogP contribution in [0.25, 0.3) is 11.4 Å². The van der Waals surface area contributed by atoms with E-state index in [0.717, 1.165) is 43.5 Å². The predicted octanol–water partition coefficient (Wildman–Crippen LogP) is 3.32. The molecule has 0 amide bonds. The van der Waals surface area contributed by atoms with E-state index in [1.165, 1.54) is 5.56 Å². The third-order valence-electron chi connectivity index (χ3n) is 7.00. The highest BCUT2D eigenvalue weighted by Gasteiger charge is 2.38. The van der Waals surface area contributed by atoms with Gasteiger partial charge in [-0.15, -0.1) is 10.2 Å². The van der Waals surface area contributed by atoms with Crippen molar-refractivity contribution in [1.29, 1.82) is 0 Å². The lowest BCUT2D eigenvalue weighted by molar-refractivity contribution is -0.141. The molecule has 2 fully saturated rings. The number of benzene rings is 1. The van der Waals surface area contributed by atoms with E-state index in [0.29, 0.717) is 30.0 Å². The average Bonchev–Trinajstić information content (AvgIpc) is 3.23. The van der Waals surface area contributed by atoms with Crippen molar-refractivity contribution in [2.75, 3.05) is 6.54 Å². The lowest BCUT2D eigenvalue weighted by Gasteiger charge is -2.41. The van der Waals surface area contributed by atoms with Crippen LogP contribution in [0.2, 0.25) is 0 Å². The molecule has 8 heteroatoms. The van der Waals surface area contributed by atoms with Gasteiger partial charge in [0.05, 0.1) is 11.7 Å². The van der Waals surface area contributed by atoms with Crippen LogP contribution in [0.3, 0.4) is 0 Å². The zero-order valence-corrected chi connectivity index (χ0v) is 18.4. The summed E-state index contributed by atoms with van der Waals surface area (Å²) in [6, 6.07) is 5.74. The van der Waals surface area contributed by atoms with Crippen molar-refractivity contribution in [3.05, 3.63) is 60.2 Å². The SMILES string of the molecule is O=C(O)[C@@H]1C[C@H]2C[C@@H](Oc3cc(CC4C=CC=CC=C4)ccc3-c3nn[nH]n3)CC[C@H]2CN1. The van der Waals surface area contributed by atoms with E-state index < -0.39 is 12.0 Å². The molecule has 3 N–H and O–H groups in total. The van der Waals surface area contributed by atoms with Crippen LogP contribution in [-0.4, -0.2) is 50.4 Å². The van der Waals surface area contributed by atoms with E-state index in [2.05, 4.69) is 62.4 Å². The van der Waals surface area contributed by atoms with E-state index in [1.54, 1.807) is 0 Å². The van der Waals surface area contributed by atoms with Gasteiger partial charge in [0, 0.05) is 0 Å². The molecule has 0 spiro atoms. The van der Waals surface area contributed by atoms with Gasteiger partial charge in [-0.1, -0.05) is 42.5 Å². The number of nitrogens with one attached hydrogen (secondary N) is 2. The van der Waals surface area contributed by atoms with Gasteiger partial charge in [-0.25, -0.2) is 0 Å². The van der Waals surface area contributed by atoms with Crippen LogP contribution in [0, 0.1) is 17.8 Å². The van der Waals surface area contributed by atoms with Gasteiger partial charge in [-0.3, -0.25) is 4.79 Å². The second kappa shape index (κ2) is 9.70. The van der Waals surface area contributed by atoms with E-state index in [1.807, 2.05) is 18.2 Å². The molecule has 1 aliphatic heterocycles.